The normalized spacial score (nSPS) is 12.1. The highest BCUT2D eigenvalue weighted by atomic mass is 32.2. The smallest absolute Gasteiger partial charge is 0.248 e. The maximum Gasteiger partial charge on any atom is 0.248 e. The summed E-state index contributed by atoms with van der Waals surface area (Å²) in [6.07, 6.45) is 1.06. The Kier molecular flexibility index (Phi) is 6.56. The molecule has 0 spiro atoms. The maximum absolute atomic E-state index is 13.0. The lowest BCUT2D eigenvalue weighted by molar-refractivity contribution is -0.116. The second-order valence-electron chi connectivity index (χ2n) is 7.30. The zero-order chi connectivity index (χ0) is 22.6. The summed E-state index contributed by atoms with van der Waals surface area (Å²) in [5.41, 5.74) is 2.42. The van der Waals surface area contributed by atoms with E-state index in [1.54, 1.807) is 66.7 Å². The number of nitrogens with one attached hydrogen (secondary N) is 1. The van der Waals surface area contributed by atoms with Crippen LogP contribution in [-0.2, 0) is 14.8 Å². The van der Waals surface area contributed by atoms with Gasteiger partial charge < -0.3 is 5.32 Å². The van der Waals surface area contributed by atoms with E-state index in [-0.39, 0.29) is 5.78 Å². The summed E-state index contributed by atoms with van der Waals surface area (Å²) in [5.74, 6) is -0.775. The van der Waals surface area contributed by atoms with Crippen molar-refractivity contribution in [2.75, 3.05) is 15.9 Å². The van der Waals surface area contributed by atoms with E-state index in [0.717, 1.165) is 16.1 Å². The number of ketones is 1. The molecule has 0 saturated carbocycles. The first kappa shape index (κ1) is 22.2. The van der Waals surface area contributed by atoms with E-state index in [0.29, 0.717) is 22.5 Å². The summed E-state index contributed by atoms with van der Waals surface area (Å²) < 4.78 is 26.1. The number of carbonyl (C=O) groups is 2. The van der Waals surface area contributed by atoms with E-state index in [4.69, 9.17) is 0 Å². The summed E-state index contributed by atoms with van der Waals surface area (Å²) in [6, 6.07) is 21.3. The van der Waals surface area contributed by atoms with E-state index in [1.165, 1.54) is 6.92 Å². The van der Waals surface area contributed by atoms with Gasteiger partial charge in [-0.25, -0.2) is 8.42 Å². The largest absolute Gasteiger partial charge is 0.324 e. The first-order valence-corrected chi connectivity index (χ1v) is 11.6. The standard InChI is InChI=1S/C24H24N2O4S/c1-17-10-9-13-20(16-17)26(31(3,29)30)18(2)24(28)25-22-15-8-7-14-21(22)23(27)19-11-5-4-6-12-19/h4-16,18H,1-3H3,(H,25,28)/t18-/m0/s1. The van der Waals surface area contributed by atoms with Crippen LogP contribution >= 0.6 is 0 Å². The van der Waals surface area contributed by atoms with Crippen LogP contribution in [-0.4, -0.2) is 32.4 Å². The Morgan fingerprint density at radius 3 is 2.19 bits per heavy atom. The SMILES string of the molecule is Cc1cccc(N([C@@H](C)C(=O)Nc2ccccc2C(=O)c2ccccc2)S(C)(=O)=O)c1. The Hall–Kier alpha value is -3.45. The zero-order valence-corrected chi connectivity index (χ0v) is 18.4. The third kappa shape index (κ3) is 5.19. The van der Waals surface area contributed by atoms with E-state index < -0.39 is 22.0 Å². The van der Waals surface area contributed by atoms with Gasteiger partial charge in [-0.3, -0.25) is 13.9 Å². The lowest BCUT2D eigenvalue weighted by atomic mass is 10.0. The number of rotatable bonds is 7. The van der Waals surface area contributed by atoms with Gasteiger partial charge in [-0.2, -0.15) is 0 Å². The van der Waals surface area contributed by atoms with Crippen molar-refractivity contribution in [1.29, 1.82) is 0 Å². The minimum atomic E-state index is -3.74. The molecule has 0 heterocycles. The minimum absolute atomic E-state index is 0.234. The Morgan fingerprint density at radius 2 is 1.55 bits per heavy atom. The molecule has 0 aromatic heterocycles. The molecule has 0 aliphatic rings. The fraction of sp³-hybridized carbons (Fsp3) is 0.167. The first-order chi connectivity index (χ1) is 14.7. The molecule has 0 unspecified atom stereocenters. The lowest BCUT2D eigenvalue weighted by Crippen LogP contribution is -2.45. The first-order valence-electron chi connectivity index (χ1n) is 9.74. The predicted molar refractivity (Wildman–Crippen MR) is 123 cm³/mol. The number of amides is 1. The molecule has 0 saturated heterocycles. The summed E-state index contributed by atoms with van der Waals surface area (Å²) in [4.78, 5) is 26.0. The quantitative estimate of drug-likeness (QED) is 0.567. The van der Waals surface area contributed by atoms with Crippen LogP contribution in [0, 0.1) is 6.92 Å². The molecule has 3 aromatic rings. The molecule has 160 valence electrons. The summed E-state index contributed by atoms with van der Waals surface area (Å²) in [6.45, 7) is 3.36. The Balaban J connectivity index is 1.91. The number of nitrogens with zero attached hydrogens (tertiary/aromatic N) is 1. The number of anilines is 2. The van der Waals surface area contributed by atoms with E-state index in [9.17, 15) is 18.0 Å². The molecule has 0 bridgehead atoms. The van der Waals surface area contributed by atoms with Crippen LogP contribution in [0.15, 0.2) is 78.9 Å². The third-order valence-electron chi connectivity index (χ3n) is 4.81. The third-order valence-corrected chi connectivity index (χ3v) is 6.05. The van der Waals surface area contributed by atoms with Crippen molar-refractivity contribution in [3.63, 3.8) is 0 Å². The number of hydrogen-bond acceptors (Lipinski definition) is 4. The summed E-state index contributed by atoms with van der Waals surface area (Å²) >= 11 is 0. The fourth-order valence-electron chi connectivity index (χ4n) is 3.35. The van der Waals surface area contributed by atoms with Crippen molar-refractivity contribution in [3.05, 3.63) is 95.6 Å². The van der Waals surface area contributed by atoms with Crippen LogP contribution < -0.4 is 9.62 Å². The fourth-order valence-corrected chi connectivity index (χ4v) is 4.51. The topological polar surface area (TPSA) is 83.6 Å². The van der Waals surface area contributed by atoms with Crippen LogP contribution in [0.1, 0.15) is 28.4 Å². The van der Waals surface area contributed by atoms with Gasteiger partial charge in [-0.1, -0.05) is 54.6 Å². The Morgan fingerprint density at radius 1 is 0.903 bits per heavy atom. The molecule has 7 heteroatoms. The van der Waals surface area contributed by atoms with E-state index >= 15 is 0 Å². The molecule has 3 aromatic carbocycles. The van der Waals surface area contributed by atoms with Gasteiger partial charge in [-0.05, 0) is 43.7 Å². The molecular weight excluding hydrogens is 412 g/mol. The highest BCUT2D eigenvalue weighted by Crippen LogP contribution is 2.24. The van der Waals surface area contributed by atoms with Gasteiger partial charge in [0.2, 0.25) is 15.9 Å². The van der Waals surface area contributed by atoms with Crippen molar-refractivity contribution in [2.24, 2.45) is 0 Å². The minimum Gasteiger partial charge on any atom is -0.324 e. The van der Waals surface area contributed by atoms with Gasteiger partial charge in [0.05, 0.1) is 17.6 Å². The average Bonchev–Trinajstić information content (AvgIpc) is 2.73. The predicted octanol–water partition coefficient (Wildman–Crippen LogP) is 4.02. The van der Waals surface area contributed by atoms with Crippen molar-refractivity contribution >= 4 is 33.1 Å². The summed E-state index contributed by atoms with van der Waals surface area (Å²) in [7, 11) is -3.74. The molecule has 6 nitrogen and oxygen atoms in total. The molecule has 1 N–H and O–H groups in total. The molecule has 0 fully saturated rings. The van der Waals surface area contributed by atoms with Gasteiger partial charge in [0.15, 0.2) is 5.78 Å². The number of para-hydroxylation sites is 1. The molecule has 1 amide bonds. The van der Waals surface area contributed by atoms with Crippen molar-refractivity contribution in [1.82, 2.24) is 0 Å². The molecule has 0 aliphatic carbocycles. The lowest BCUT2D eigenvalue weighted by Gasteiger charge is -2.28. The van der Waals surface area contributed by atoms with Gasteiger partial charge >= 0.3 is 0 Å². The zero-order valence-electron chi connectivity index (χ0n) is 17.6. The van der Waals surface area contributed by atoms with Gasteiger partial charge in [0, 0.05) is 11.1 Å². The number of carbonyl (C=O) groups excluding carboxylic acids is 2. The van der Waals surface area contributed by atoms with Gasteiger partial charge in [0.25, 0.3) is 0 Å². The van der Waals surface area contributed by atoms with Crippen LogP contribution in [0.5, 0.6) is 0 Å². The van der Waals surface area contributed by atoms with Crippen molar-refractivity contribution in [2.45, 2.75) is 19.9 Å². The monoisotopic (exact) mass is 436 g/mol. The van der Waals surface area contributed by atoms with Gasteiger partial charge in [0.1, 0.15) is 6.04 Å². The van der Waals surface area contributed by atoms with Crippen LogP contribution in [0.25, 0.3) is 0 Å². The molecule has 0 radical (unpaired) electrons. The maximum atomic E-state index is 13.0. The molecule has 0 aliphatic heterocycles. The highest BCUT2D eigenvalue weighted by molar-refractivity contribution is 7.92. The Bertz CT molecular complexity index is 1210. The number of benzene rings is 3. The number of sulfonamides is 1. The molecular formula is C24H24N2O4S. The van der Waals surface area contributed by atoms with E-state index in [2.05, 4.69) is 5.32 Å². The average molecular weight is 437 g/mol. The van der Waals surface area contributed by atoms with Crippen molar-refractivity contribution in [3.8, 4) is 0 Å². The number of aryl methyl sites for hydroxylation is 1. The molecule has 31 heavy (non-hydrogen) atoms. The van der Waals surface area contributed by atoms with Crippen LogP contribution in [0.2, 0.25) is 0 Å². The number of hydrogen-bond donors (Lipinski definition) is 1. The van der Waals surface area contributed by atoms with E-state index in [1.807, 2.05) is 19.1 Å². The highest BCUT2D eigenvalue weighted by Gasteiger charge is 2.30. The van der Waals surface area contributed by atoms with Crippen molar-refractivity contribution < 1.29 is 18.0 Å². The van der Waals surface area contributed by atoms with Gasteiger partial charge in [-0.15, -0.1) is 0 Å². The van der Waals surface area contributed by atoms with Crippen LogP contribution in [0.3, 0.4) is 0 Å². The molecule has 3 rings (SSSR count). The second-order valence-corrected chi connectivity index (χ2v) is 9.16. The van der Waals surface area contributed by atoms with Crippen LogP contribution in [0.4, 0.5) is 11.4 Å². The second kappa shape index (κ2) is 9.14. The Labute approximate surface area is 182 Å². The summed E-state index contributed by atoms with van der Waals surface area (Å²) in [5, 5.41) is 2.73. The molecule has 1 atom stereocenters.